The van der Waals surface area contributed by atoms with E-state index >= 15 is 0 Å². The second-order valence-corrected chi connectivity index (χ2v) is 7.46. The fourth-order valence-corrected chi connectivity index (χ4v) is 2.87. The molecule has 0 spiro atoms. The van der Waals surface area contributed by atoms with Gasteiger partial charge in [0.15, 0.2) is 0 Å². The number of urea groups is 1. The number of aryl methyl sites for hydroxylation is 1. The van der Waals surface area contributed by atoms with Crippen molar-refractivity contribution in [3.05, 3.63) is 35.6 Å². The predicted molar refractivity (Wildman–Crippen MR) is 95.7 cm³/mol. The number of hydrogen-bond acceptors (Lipinski definition) is 2. The molecule has 0 saturated carbocycles. The third-order valence-electron chi connectivity index (χ3n) is 4.35. The Bertz CT molecular complexity index is 605. The van der Waals surface area contributed by atoms with Gasteiger partial charge in [0.2, 0.25) is 5.91 Å². The molecule has 1 aromatic carbocycles. The summed E-state index contributed by atoms with van der Waals surface area (Å²) < 4.78 is 13.5. The Morgan fingerprint density at radius 2 is 1.68 bits per heavy atom. The first-order valence-corrected chi connectivity index (χ1v) is 8.84. The lowest BCUT2D eigenvalue weighted by molar-refractivity contribution is -0.140. The second-order valence-electron chi connectivity index (χ2n) is 7.46. The molecule has 0 bridgehead atoms. The van der Waals surface area contributed by atoms with E-state index in [1.54, 1.807) is 17.0 Å². The zero-order valence-corrected chi connectivity index (χ0v) is 15.3. The number of benzene rings is 1. The van der Waals surface area contributed by atoms with E-state index in [0.717, 1.165) is 0 Å². The van der Waals surface area contributed by atoms with Gasteiger partial charge >= 0.3 is 6.03 Å². The van der Waals surface area contributed by atoms with Crippen molar-refractivity contribution in [2.24, 2.45) is 5.41 Å². The number of carbonyl (C=O) groups is 2. The van der Waals surface area contributed by atoms with Crippen molar-refractivity contribution in [1.29, 1.82) is 0 Å². The maximum Gasteiger partial charge on any atom is 0.317 e. The maximum atomic E-state index is 13.5. The highest BCUT2D eigenvalue weighted by atomic mass is 19.1. The van der Waals surface area contributed by atoms with Crippen LogP contribution in [0.4, 0.5) is 9.18 Å². The van der Waals surface area contributed by atoms with E-state index in [1.165, 1.54) is 6.07 Å². The Labute approximate surface area is 149 Å². The average molecular weight is 349 g/mol. The molecule has 1 fully saturated rings. The summed E-state index contributed by atoms with van der Waals surface area (Å²) in [5, 5.41) is 2.88. The molecule has 3 amide bonds. The number of piperazine rings is 1. The number of amides is 3. The van der Waals surface area contributed by atoms with Gasteiger partial charge in [0.1, 0.15) is 5.82 Å². The molecule has 0 aromatic heterocycles. The largest absolute Gasteiger partial charge is 0.339 e. The molecule has 2 rings (SSSR count). The van der Waals surface area contributed by atoms with Gasteiger partial charge in [0.25, 0.3) is 0 Å². The van der Waals surface area contributed by atoms with Gasteiger partial charge in [-0.1, -0.05) is 39.0 Å². The van der Waals surface area contributed by atoms with Crippen LogP contribution in [0.3, 0.4) is 0 Å². The van der Waals surface area contributed by atoms with Crippen LogP contribution in [-0.2, 0) is 11.2 Å². The lowest BCUT2D eigenvalue weighted by atomic mass is 9.94. The van der Waals surface area contributed by atoms with Crippen LogP contribution in [0, 0.1) is 11.2 Å². The first kappa shape index (κ1) is 19.2. The summed E-state index contributed by atoms with van der Waals surface area (Å²) in [4.78, 5) is 28.0. The summed E-state index contributed by atoms with van der Waals surface area (Å²) in [5.41, 5.74) is 0.281. The van der Waals surface area contributed by atoms with Gasteiger partial charge in [-0.3, -0.25) is 4.79 Å². The topological polar surface area (TPSA) is 52.7 Å². The van der Waals surface area contributed by atoms with Gasteiger partial charge in [0.05, 0.1) is 0 Å². The highest BCUT2D eigenvalue weighted by molar-refractivity contribution is 5.82. The molecule has 6 heteroatoms. The summed E-state index contributed by atoms with van der Waals surface area (Å²) in [7, 11) is 0. The molecule has 0 radical (unpaired) electrons. The molecule has 1 aliphatic heterocycles. The van der Waals surface area contributed by atoms with Crippen molar-refractivity contribution >= 4 is 11.9 Å². The Morgan fingerprint density at radius 1 is 1.08 bits per heavy atom. The van der Waals surface area contributed by atoms with Gasteiger partial charge in [-0.2, -0.15) is 0 Å². The van der Waals surface area contributed by atoms with E-state index in [4.69, 9.17) is 0 Å². The second kappa shape index (κ2) is 8.32. The van der Waals surface area contributed by atoms with Crippen LogP contribution in [-0.4, -0.2) is 54.5 Å². The summed E-state index contributed by atoms with van der Waals surface area (Å²) in [6.45, 7) is 8.45. The van der Waals surface area contributed by atoms with E-state index in [2.05, 4.69) is 5.32 Å². The normalized spacial score (nSPS) is 15.2. The number of hydrogen-bond donors (Lipinski definition) is 1. The van der Waals surface area contributed by atoms with Crippen molar-refractivity contribution in [3.8, 4) is 0 Å². The Hall–Kier alpha value is -2.11. The summed E-state index contributed by atoms with van der Waals surface area (Å²) in [6.07, 6.45) is 1.29. The molecular formula is C19H28FN3O2. The van der Waals surface area contributed by atoms with Gasteiger partial charge < -0.3 is 15.1 Å². The zero-order chi connectivity index (χ0) is 18.4. The molecule has 138 valence electrons. The summed E-state index contributed by atoms with van der Waals surface area (Å²) in [5.74, 6) is -0.0779. The Balaban J connectivity index is 1.69. The average Bonchev–Trinajstić information content (AvgIpc) is 2.58. The maximum absolute atomic E-state index is 13.5. The highest BCUT2D eigenvalue weighted by Crippen LogP contribution is 2.18. The minimum Gasteiger partial charge on any atom is -0.339 e. The summed E-state index contributed by atoms with van der Waals surface area (Å²) in [6, 6.07) is 6.59. The minimum atomic E-state index is -0.392. The number of halogens is 1. The van der Waals surface area contributed by atoms with Crippen molar-refractivity contribution in [2.75, 3.05) is 32.7 Å². The van der Waals surface area contributed by atoms with Gasteiger partial charge in [-0.05, 0) is 24.5 Å². The number of nitrogens with one attached hydrogen (secondary N) is 1. The molecular weight excluding hydrogens is 321 g/mol. The van der Waals surface area contributed by atoms with E-state index < -0.39 is 5.41 Å². The first-order chi connectivity index (χ1) is 11.8. The number of carbonyl (C=O) groups excluding carboxylic acids is 2. The molecule has 1 aromatic rings. The fourth-order valence-electron chi connectivity index (χ4n) is 2.87. The predicted octanol–water partition coefficient (Wildman–Crippen LogP) is 2.66. The van der Waals surface area contributed by atoms with Crippen molar-refractivity contribution in [2.45, 2.75) is 33.6 Å². The monoisotopic (exact) mass is 349 g/mol. The van der Waals surface area contributed by atoms with Crippen LogP contribution in [0.15, 0.2) is 24.3 Å². The van der Waals surface area contributed by atoms with Crippen molar-refractivity contribution < 1.29 is 14.0 Å². The van der Waals surface area contributed by atoms with Crippen molar-refractivity contribution in [3.63, 3.8) is 0 Å². The van der Waals surface area contributed by atoms with Crippen LogP contribution in [0.25, 0.3) is 0 Å². The first-order valence-electron chi connectivity index (χ1n) is 8.84. The Morgan fingerprint density at radius 3 is 2.28 bits per heavy atom. The van der Waals surface area contributed by atoms with E-state index in [-0.39, 0.29) is 17.8 Å². The molecule has 0 unspecified atom stereocenters. The number of rotatable bonds is 4. The van der Waals surface area contributed by atoms with Crippen LogP contribution in [0.5, 0.6) is 0 Å². The van der Waals surface area contributed by atoms with Crippen LogP contribution in [0.1, 0.15) is 32.8 Å². The molecule has 0 aliphatic carbocycles. The third kappa shape index (κ3) is 5.44. The standard InChI is InChI=1S/C19H28FN3O2/c1-19(2,3)17(24)22-11-13-23(14-12-22)18(25)21-10-6-8-15-7-4-5-9-16(15)20/h4-5,7,9H,6,8,10-14H2,1-3H3,(H,21,25). The highest BCUT2D eigenvalue weighted by Gasteiger charge is 2.30. The minimum absolute atomic E-state index is 0.114. The zero-order valence-electron chi connectivity index (χ0n) is 15.3. The quantitative estimate of drug-likeness (QED) is 0.850. The fraction of sp³-hybridized carbons (Fsp3) is 0.579. The molecule has 1 saturated heterocycles. The number of nitrogens with zero attached hydrogens (tertiary/aromatic N) is 2. The van der Waals surface area contributed by atoms with Crippen LogP contribution >= 0.6 is 0 Å². The van der Waals surface area contributed by atoms with E-state index in [9.17, 15) is 14.0 Å². The molecule has 0 atom stereocenters. The molecule has 1 aliphatic rings. The third-order valence-corrected chi connectivity index (χ3v) is 4.35. The molecule has 5 nitrogen and oxygen atoms in total. The smallest absolute Gasteiger partial charge is 0.317 e. The lowest BCUT2D eigenvalue weighted by Gasteiger charge is -2.37. The van der Waals surface area contributed by atoms with E-state index in [0.29, 0.717) is 51.1 Å². The Kier molecular flexibility index (Phi) is 6.39. The van der Waals surface area contributed by atoms with Gasteiger partial charge in [0, 0.05) is 38.1 Å². The van der Waals surface area contributed by atoms with Crippen LogP contribution < -0.4 is 5.32 Å². The molecule has 25 heavy (non-hydrogen) atoms. The van der Waals surface area contributed by atoms with E-state index in [1.807, 2.05) is 31.7 Å². The molecule has 1 N–H and O–H groups in total. The van der Waals surface area contributed by atoms with Gasteiger partial charge in [-0.15, -0.1) is 0 Å². The lowest BCUT2D eigenvalue weighted by Crippen LogP contribution is -2.55. The van der Waals surface area contributed by atoms with Crippen molar-refractivity contribution in [1.82, 2.24) is 15.1 Å². The summed E-state index contributed by atoms with van der Waals surface area (Å²) >= 11 is 0. The van der Waals surface area contributed by atoms with Gasteiger partial charge in [-0.25, -0.2) is 9.18 Å². The molecule has 1 heterocycles. The SMILES string of the molecule is CC(C)(C)C(=O)N1CCN(C(=O)NCCCc2ccccc2F)CC1. The van der Waals surface area contributed by atoms with Crippen LogP contribution in [0.2, 0.25) is 0 Å².